The first-order valence-electron chi connectivity index (χ1n) is 7.58. The lowest BCUT2D eigenvalue weighted by Gasteiger charge is -2.13. The van der Waals surface area contributed by atoms with Gasteiger partial charge in [-0.3, -0.25) is 4.79 Å². The van der Waals surface area contributed by atoms with Crippen LogP contribution in [0.25, 0.3) is 0 Å². The maximum atomic E-state index is 11.8. The summed E-state index contributed by atoms with van der Waals surface area (Å²) in [6.07, 6.45) is 1.45. The lowest BCUT2D eigenvalue weighted by molar-refractivity contribution is -0.123. The van der Waals surface area contributed by atoms with Crippen molar-refractivity contribution in [2.75, 3.05) is 27.9 Å². The summed E-state index contributed by atoms with van der Waals surface area (Å²) in [4.78, 5) is 11.8. The van der Waals surface area contributed by atoms with Crippen LogP contribution in [0.2, 0.25) is 5.02 Å². The molecule has 2 aromatic rings. The molecule has 0 radical (unpaired) electrons. The fraction of sp³-hybridized carbons (Fsp3) is 0.222. The van der Waals surface area contributed by atoms with Crippen molar-refractivity contribution in [3.63, 3.8) is 0 Å². The molecule has 0 atom stereocenters. The van der Waals surface area contributed by atoms with Crippen molar-refractivity contribution >= 4 is 23.7 Å². The van der Waals surface area contributed by atoms with Gasteiger partial charge in [0.2, 0.25) is 5.75 Å². The molecule has 0 aromatic heterocycles. The summed E-state index contributed by atoms with van der Waals surface area (Å²) in [5.41, 5.74) is 3.00. The Kier molecular flexibility index (Phi) is 7.11. The molecule has 1 N–H and O–H groups in total. The van der Waals surface area contributed by atoms with Crippen molar-refractivity contribution in [1.29, 1.82) is 0 Å². The third-order valence-electron chi connectivity index (χ3n) is 3.31. The molecular formula is C18H19ClN2O5. The molecule has 0 saturated heterocycles. The Balaban J connectivity index is 1.97. The van der Waals surface area contributed by atoms with E-state index >= 15 is 0 Å². The van der Waals surface area contributed by atoms with Gasteiger partial charge in [-0.2, -0.15) is 5.10 Å². The molecule has 0 aliphatic carbocycles. The molecule has 26 heavy (non-hydrogen) atoms. The minimum atomic E-state index is -0.407. The highest BCUT2D eigenvalue weighted by atomic mass is 35.5. The Hall–Kier alpha value is -2.93. The van der Waals surface area contributed by atoms with Gasteiger partial charge in [-0.15, -0.1) is 0 Å². The van der Waals surface area contributed by atoms with Gasteiger partial charge in [0.05, 0.1) is 27.5 Å². The van der Waals surface area contributed by atoms with Crippen LogP contribution in [0, 0.1) is 0 Å². The normalized spacial score (nSPS) is 10.5. The van der Waals surface area contributed by atoms with Crippen LogP contribution in [0.5, 0.6) is 23.0 Å². The number of hydrogen-bond donors (Lipinski definition) is 1. The van der Waals surface area contributed by atoms with E-state index < -0.39 is 5.91 Å². The van der Waals surface area contributed by atoms with E-state index in [-0.39, 0.29) is 6.61 Å². The van der Waals surface area contributed by atoms with Crippen LogP contribution in [-0.4, -0.2) is 40.1 Å². The summed E-state index contributed by atoms with van der Waals surface area (Å²) in [6, 6.07) is 10.2. The average Bonchev–Trinajstić information content (AvgIpc) is 2.66. The van der Waals surface area contributed by atoms with Crippen molar-refractivity contribution < 1.29 is 23.7 Å². The highest BCUT2D eigenvalue weighted by Gasteiger charge is 2.14. The molecule has 0 aliphatic heterocycles. The number of rotatable bonds is 8. The molecule has 2 aromatic carbocycles. The lowest BCUT2D eigenvalue weighted by Crippen LogP contribution is -2.24. The molecule has 0 spiro atoms. The quantitative estimate of drug-likeness (QED) is 0.564. The van der Waals surface area contributed by atoms with Gasteiger partial charge >= 0.3 is 0 Å². The van der Waals surface area contributed by atoms with Crippen LogP contribution in [0.1, 0.15) is 5.56 Å². The van der Waals surface area contributed by atoms with Crippen molar-refractivity contribution in [1.82, 2.24) is 5.43 Å². The predicted octanol–water partition coefficient (Wildman–Crippen LogP) is 2.89. The highest BCUT2D eigenvalue weighted by molar-refractivity contribution is 6.30. The van der Waals surface area contributed by atoms with Crippen LogP contribution >= 0.6 is 11.6 Å². The van der Waals surface area contributed by atoms with Crippen LogP contribution < -0.4 is 24.4 Å². The molecule has 1 amide bonds. The number of nitrogens with one attached hydrogen (secondary N) is 1. The molecule has 0 aliphatic rings. The van der Waals surface area contributed by atoms with Gasteiger partial charge < -0.3 is 18.9 Å². The summed E-state index contributed by atoms with van der Waals surface area (Å²) in [5.74, 6) is 1.55. The van der Waals surface area contributed by atoms with Crippen molar-refractivity contribution in [2.24, 2.45) is 5.10 Å². The van der Waals surface area contributed by atoms with E-state index in [1.807, 2.05) is 0 Å². The van der Waals surface area contributed by atoms with E-state index in [4.69, 9.17) is 30.5 Å². The fourth-order valence-electron chi connectivity index (χ4n) is 2.11. The van der Waals surface area contributed by atoms with E-state index in [1.54, 1.807) is 36.4 Å². The molecule has 0 fully saturated rings. The smallest absolute Gasteiger partial charge is 0.277 e. The van der Waals surface area contributed by atoms with Crippen LogP contribution in [0.4, 0.5) is 0 Å². The Morgan fingerprint density at radius 2 is 1.73 bits per heavy atom. The first-order valence-corrected chi connectivity index (χ1v) is 7.96. The number of methoxy groups -OCH3 is 3. The van der Waals surface area contributed by atoms with Gasteiger partial charge in [-0.05, 0) is 36.4 Å². The third-order valence-corrected chi connectivity index (χ3v) is 3.56. The maximum absolute atomic E-state index is 11.8. The summed E-state index contributed by atoms with van der Waals surface area (Å²) in [6.45, 7) is -0.179. The van der Waals surface area contributed by atoms with Crippen LogP contribution in [0.15, 0.2) is 41.5 Å². The van der Waals surface area contributed by atoms with Gasteiger partial charge in [0.15, 0.2) is 18.1 Å². The SMILES string of the molecule is COc1ccc(/C=N\NC(=O)COc2ccc(Cl)cc2)c(OC)c1OC. The highest BCUT2D eigenvalue weighted by Crippen LogP contribution is 2.38. The Labute approximate surface area is 156 Å². The topological polar surface area (TPSA) is 78.4 Å². The van der Waals surface area contributed by atoms with Crippen molar-refractivity contribution in [2.45, 2.75) is 0 Å². The lowest BCUT2D eigenvalue weighted by atomic mass is 10.2. The number of nitrogens with zero attached hydrogens (tertiary/aromatic N) is 1. The Morgan fingerprint density at radius 1 is 1.04 bits per heavy atom. The Bertz CT molecular complexity index is 778. The van der Waals surface area contributed by atoms with Gasteiger partial charge in [-0.25, -0.2) is 5.43 Å². The van der Waals surface area contributed by atoms with Crippen molar-refractivity contribution in [3.8, 4) is 23.0 Å². The van der Waals surface area contributed by atoms with E-state index in [0.29, 0.717) is 33.6 Å². The van der Waals surface area contributed by atoms with Crippen LogP contribution in [-0.2, 0) is 4.79 Å². The molecule has 8 heteroatoms. The largest absolute Gasteiger partial charge is 0.493 e. The minimum Gasteiger partial charge on any atom is -0.493 e. The molecule has 0 unspecified atom stereocenters. The van der Waals surface area contributed by atoms with E-state index in [0.717, 1.165) is 0 Å². The maximum Gasteiger partial charge on any atom is 0.277 e. The molecule has 0 heterocycles. The van der Waals surface area contributed by atoms with E-state index in [1.165, 1.54) is 27.5 Å². The monoisotopic (exact) mass is 378 g/mol. The zero-order valence-electron chi connectivity index (χ0n) is 14.6. The first kappa shape index (κ1) is 19.4. The number of halogens is 1. The average molecular weight is 379 g/mol. The standard InChI is InChI=1S/C18H19ClN2O5/c1-23-15-9-4-12(17(24-2)18(15)25-3)10-20-21-16(22)11-26-14-7-5-13(19)6-8-14/h4-10H,11H2,1-3H3,(H,21,22)/b20-10-. The van der Waals surface area contributed by atoms with Gasteiger partial charge in [-0.1, -0.05) is 11.6 Å². The van der Waals surface area contributed by atoms with E-state index in [9.17, 15) is 4.79 Å². The third kappa shape index (κ3) is 5.03. The number of carbonyl (C=O) groups is 1. The second-order valence-corrected chi connectivity index (χ2v) is 5.40. The molecule has 2 rings (SSSR count). The zero-order chi connectivity index (χ0) is 18.9. The van der Waals surface area contributed by atoms with Gasteiger partial charge in [0.1, 0.15) is 5.75 Å². The van der Waals surface area contributed by atoms with Crippen molar-refractivity contribution in [3.05, 3.63) is 47.0 Å². The number of hydrogen-bond acceptors (Lipinski definition) is 6. The molecular weight excluding hydrogens is 360 g/mol. The summed E-state index contributed by atoms with van der Waals surface area (Å²) < 4.78 is 21.2. The number of ether oxygens (including phenoxy) is 4. The zero-order valence-corrected chi connectivity index (χ0v) is 15.4. The van der Waals surface area contributed by atoms with Gasteiger partial charge in [0, 0.05) is 10.6 Å². The number of benzene rings is 2. The molecule has 7 nitrogen and oxygen atoms in total. The summed E-state index contributed by atoms with van der Waals surface area (Å²) in [5, 5.41) is 4.50. The second-order valence-electron chi connectivity index (χ2n) is 4.96. The molecule has 0 saturated carbocycles. The Morgan fingerprint density at radius 3 is 2.35 bits per heavy atom. The van der Waals surface area contributed by atoms with Gasteiger partial charge in [0.25, 0.3) is 5.91 Å². The first-order chi connectivity index (χ1) is 12.6. The number of hydrazone groups is 1. The predicted molar refractivity (Wildman–Crippen MR) is 98.8 cm³/mol. The fourth-order valence-corrected chi connectivity index (χ4v) is 2.24. The number of carbonyl (C=O) groups excluding carboxylic acids is 1. The summed E-state index contributed by atoms with van der Waals surface area (Å²) in [7, 11) is 4.55. The minimum absolute atomic E-state index is 0.179. The van der Waals surface area contributed by atoms with Crippen LogP contribution in [0.3, 0.4) is 0 Å². The number of amides is 1. The molecule has 0 bridgehead atoms. The summed E-state index contributed by atoms with van der Waals surface area (Å²) >= 11 is 5.79. The second kappa shape index (κ2) is 9.53. The molecule has 138 valence electrons. The van der Waals surface area contributed by atoms with E-state index in [2.05, 4.69) is 10.5 Å².